The molecule has 1 atom stereocenters. The Kier molecular flexibility index (Phi) is 3.98. The van der Waals surface area contributed by atoms with E-state index in [9.17, 15) is 0 Å². The molecule has 0 aliphatic heterocycles. The van der Waals surface area contributed by atoms with Crippen LogP contribution in [-0.2, 0) is 6.54 Å². The standard InChI is InChI=1S/C19H23NO/c1-19(2)12-16(19)14-20-13-15-7-6-10-18(11-15)21-17-8-4-3-5-9-17/h3-11,16,20H,12-14H2,1-2H3. The van der Waals surface area contributed by atoms with Gasteiger partial charge in [0, 0.05) is 6.54 Å². The zero-order chi connectivity index (χ0) is 14.7. The fourth-order valence-corrected chi connectivity index (χ4v) is 2.66. The summed E-state index contributed by atoms with van der Waals surface area (Å²) in [5.41, 5.74) is 1.81. The fraction of sp³-hybridized carbons (Fsp3) is 0.368. The zero-order valence-electron chi connectivity index (χ0n) is 12.8. The molecule has 1 N–H and O–H groups in total. The molecule has 2 aromatic carbocycles. The molecule has 0 saturated heterocycles. The van der Waals surface area contributed by atoms with Crippen molar-refractivity contribution in [2.45, 2.75) is 26.8 Å². The average molecular weight is 281 g/mol. The van der Waals surface area contributed by atoms with Gasteiger partial charge in [-0.15, -0.1) is 0 Å². The van der Waals surface area contributed by atoms with E-state index in [4.69, 9.17) is 4.74 Å². The van der Waals surface area contributed by atoms with E-state index < -0.39 is 0 Å². The monoisotopic (exact) mass is 281 g/mol. The third kappa shape index (κ3) is 3.85. The highest BCUT2D eigenvalue weighted by Gasteiger charge is 2.44. The van der Waals surface area contributed by atoms with Crippen LogP contribution < -0.4 is 10.1 Å². The Morgan fingerprint density at radius 1 is 1.05 bits per heavy atom. The normalized spacial score (nSPS) is 19.2. The highest BCUT2D eigenvalue weighted by atomic mass is 16.5. The number of para-hydroxylation sites is 1. The maximum Gasteiger partial charge on any atom is 0.127 e. The second kappa shape index (κ2) is 5.90. The minimum Gasteiger partial charge on any atom is -0.457 e. The SMILES string of the molecule is CC1(C)CC1CNCc1cccc(Oc2ccccc2)c1. The van der Waals surface area contributed by atoms with Gasteiger partial charge in [-0.05, 0) is 54.1 Å². The lowest BCUT2D eigenvalue weighted by Crippen LogP contribution is -2.18. The van der Waals surface area contributed by atoms with Crippen molar-refractivity contribution in [2.24, 2.45) is 11.3 Å². The number of nitrogens with one attached hydrogen (secondary N) is 1. The van der Waals surface area contributed by atoms with Crippen LogP contribution in [0.5, 0.6) is 11.5 Å². The Morgan fingerprint density at radius 3 is 2.48 bits per heavy atom. The highest BCUT2D eigenvalue weighted by Crippen LogP contribution is 2.50. The number of benzene rings is 2. The van der Waals surface area contributed by atoms with Crippen molar-refractivity contribution >= 4 is 0 Å². The van der Waals surface area contributed by atoms with E-state index in [1.54, 1.807) is 0 Å². The quantitative estimate of drug-likeness (QED) is 0.834. The van der Waals surface area contributed by atoms with Gasteiger partial charge in [-0.3, -0.25) is 0 Å². The first-order valence-electron chi connectivity index (χ1n) is 7.66. The van der Waals surface area contributed by atoms with Crippen molar-refractivity contribution in [1.82, 2.24) is 5.32 Å². The van der Waals surface area contributed by atoms with E-state index in [0.29, 0.717) is 5.41 Å². The Hall–Kier alpha value is -1.80. The molecule has 3 rings (SSSR count). The molecule has 1 saturated carbocycles. The molecule has 0 spiro atoms. The second-order valence-corrected chi connectivity index (χ2v) is 6.58. The lowest BCUT2D eigenvalue weighted by Gasteiger charge is -2.09. The summed E-state index contributed by atoms with van der Waals surface area (Å²) in [5.74, 6) is 2.61. The minimum absolute atomic E-state index is 0.547. The maximum atomic E-state index is 5.86. The molecule has 0 radical (unpaired) electrons. The van der Waals surface area contributed by atoms with E-state index in [1.807, 2.05) is 36.4 Å². The molecule has 2 heteroatoms. The predicted octanol–water partition coefficient (Wildman–Crippen LogP) is 4.61. The number of rotatable bonds is 6. The zero-order valence-corrected chi connectivity index (χ0v) is 12.8. The van der Waals surface area contributed by atoms with Crippen molar-refractivity contribution in [3.05, 3.63) is 60.2 Å². The van der Waals surface area contributed by atoms with Gasteiger partial charge in [-0.25, -0.2) is 0 Å². The molecule has 1 aliphatic carbocycles. The number of ether oxygens (including phenoxy) is 1. The van der Waals surface area contributed by atoms with Gasteiger partial charge >= 0.3 is 0 Å². The molecule has 0 bridgehead atoms. The van der Waals surface area contributed by atoms with E-state index in [2.05, 4.69) is 37.4 Å². The lowest BCUT2D eigenvalue weighted by atomic mass is 10.1. The molecule has 1 unspecified atom stereocenters. The molecular weight excluding hydrogens is 258 g/mol. The van der Waals surface area contributed by atoms with E-state index in [0.717, 1.165) is 30.5 Å². The number of hydrogen-bond acceptors (Lipinski definition) is 2. The van der Waals surface area contributed by atoms with Gasteiger partial charge < -0.3 is 10.1 Å². The largest absolute Gasteiger partial charge is 0.457 e. The van der Waals surface area contributed by atoms with Crippen LogP contribution in [0.2, 0.25) is 0 Å². The first kappa shape index (κ1) is 14.2. The molecule has 2 aromatic rings. The summed E-state index contributed by atoms with van der Waals surface area (Å²) in [7, 11) is 0. The van der Waals surface area contributed by atoms with Gasteiger partial charge in [0.1, 0.15) is 11.5 Å². The van der Waals surface area contributed by atoms with Crippen molar-refractivity contribution in [3.8, 4) is 11.5 Å². The van der Waals surface area contributed by atoms with Crippen molar-refractivity contribution in [1.29, 1.82) is 0 Å². The van der Waals surface area contributed by atoms with E-state index in [-0.39, 0.29) is 0 Å². The van der Waals surface area contributed by atoms with Gasteiger partial charge in [-0.1, -0.05) is 44.2 Å². The molecule has 21 heavy (non-hydrogen) atoms. The molecule has 0 amide bonds. The van der Waals surface area contributed by atoms with Crippen LogP contribution in [0.4, 0.5) is 0 Å². The van der Waals surface area contributed by atoms with Gasteiger partial charge in [0.15, 0.2) is 0 Å². The van der Waals surface area contributed by atoms with Crippen molar-refractivity contribution in [2.75, 3.05) is 6.54 Å². The smallest absolute Gasteiger partial charge is 0.127 e. The molecule has 0 aromatic heterocycles. The summed E-state index contributed by atoms with van der Waals surface area (Å²) < 4.78 is 5.86. The summed E-state index contributed by atoms with van der Waals surface area (Å²) in [6, 6.07) is 18.2. The summed E-state index contributed by atoms with van der Waals surface area (Å²) >= 11 is 0. The third-order valence-electron chi connectivity index (χ3n) is 4.31. The molecule has 2 nitrogen and oxygen atoms in total. The molecular formula is C19H23NO. The minimum atomic E-state index is 0.547. The van der Waals surface area contributed by atoms with Gasteiger partial charge in [0.05, 0.1) is 0 Å². The first-order chi connectivity index (χ1) is 10.1. The fourth-order valence-electron chi connectivity index (χ4n) is 2.66. The molecule has 1 fully saturated rings. The van der Waals surface area contributed by atoms with Crippen LogP contribution in [-0.4, -0.2) is 6.54 Å². The first-order valence-corrected chi connectivity index (χ1v) is 7.66. The number of hydrogen-bond donors (Lipinski definition) is 1. The Labute approximate surface area is 127 Å². The Bertz CT molecular complexity index is 592. The molecule has 0 heterocycles. The summed E-state index contributed by atoms with van der Waals surface area (Å²) in [6.45, 7) is 6.69. The topological polar surface area (TPSA) is 21.3 Å². The third-order valence-corrected chi connectivity index (χ3v) is 4.31. The van der Waals surface area contributed by atoms with Crippen LogP contribution in [0, 0.1) is 11.3 Å². The predicted molar refractivity (Wildman–Crippen MR) is 86.6 cm³/mol. The van der Waals surface area contributed by atoms with Crippen molar-refractivity contribution in [3.63, 3.8) is 0 Å². The Balaban J connectivity index is 1.53. The van der Waals surface area contributed by atoms with Crippen molar-refractivity contribution < 1.29 is 4.74 Å². The van der Waals surface area contributed by atoms with E-state index in [1.165, 1.54) is 12.0 Å². The summed E-state index contributed by atoms with van der Waals surface area (Å²) in [5, 5.41) is 3.55. The average Bonchev–Trinajstić information content (AvgIpc) is 3.08. The Morgan fingerprint density at radius 2 is 1.76 bits per heavy atom. The van der Waals surface area contributed by atoms with Crippen LogP contribution >= 0.6 is 0 Å². The molecule has 110 valence electrons. The lowest BCUT2D eigenvalue weighted by molar-refractivity contribution is 0.480. The van der Waals surface area contributed by atoms with Gasteiger partial charge in [0.2, 0.25) is 0 Å². The summed E-state index contributed by atoms with van der Waals surface area (Å²) in [6.07, 6.45) is 1.34. The second-order valence-electron chi connectivity index (χ2n) is 6.58. The van der Waals surface area contributed by atoms with Crippen LogP contribution in [0.3, 0.4) is 0 Å². The maximum absolute atomic E-state index is 5.86. The van der Waals surface area contributed by atoms with Crippen LogP contribution in [0.25, 0.3) is 0 Å². The summed E-state index contributed by atoms with van der Waals surface area (Å²) in [4.78, 5) is 0. The highest BCUT2D eigenvalue weighted by molar-refractivity contribution is 5.33. The van der Waals surface area contributed by atoms with Crippen LogP contribution in [0.15, 0.2) is 54.6 Å². The van der Waals surface area contributed by atoms with Gasteiger partial charge in [0.25, 0.3) is 0 Å². The molecule has 1 aliphatic rings. The van der Waals surface area contributed by atoms with E-state index >= 15 is 0 Å². The van der Waals surface area contributed by atoms with Gasteiger partial charge in [-0.2, -0.15) is 0 Å². The van der Waals surface area contributed by atoms with Crippen LogP contribution in [0.1, 0.15) is 25.8 Å².